The molecule has 0 atom stereocenters. The van der Waals surface area contributed by atoms with Gasteiger partial charge in [-0.05, 0) is 54.5 Å². The summed E-state index contributed by atoms with van der Waals surface area (Å²) in [6.45, 7) is 6.89. The van der Waals surface area contributed by atoms with Crippen LogP contribution in [0.3, 0.4) is 0 Å². The highest BCUT2D eigenvalue weighted by Crippen LogP contribution is 2.23. The highest BCUT2D eigenvalue weighted by atomic mass is 15.4. The van der Waals surface area contributed by atoms with Gasteiger partial charge in [0.1, 0.15) is 5.52 Å². The van der Waals surface area contributed by atoms with E-state index in [1.165, 1.54) is 18.4 Å². The van der Waals surface area contributed by atoms with Crippen LogP contribution in [-0.2, 0) is 6.42 Å². The summed E-state index contributed by atoms with van der Waals surface area (Å²) in [7, 11) is 0. The molecule has 3 rings (SSSR count). The zero-order chi connectivity index (χ0) is 15.6. The SMILES string of the molecule is CC(C)(C)CCCc1cccc(-n2nnc3ccccc32)c1. The molecule has 1 heterocycles. The van der Waals surface area contributed by atoms with Crippen LogP contribution in [0.1, 0.15) is 39.2 Å². The Labute approximate surface area is 132 Å². The molecular weight excluding hydrogens is 270 g/mol. The number of para-hydroxylation sites is 1. The molecule has 0 spiro atoms. The van der Waals surface area contributed by atoms with Crippen molar-refractivity contribution in [2.24, 2.45) is 5.41 Å². The Morgan fingerprint density at radius 1 is 1.00 bits per heavy atom. The number of rotatable bonds is 4. The summed E-state index contributed by atoms with van der Waals surface area (Å²) >= 11 is 0. The van der Waals surface area contributed by atoms with Gasteiger partial charge < -0.3 is 0 Å². The monoisotopic (exact) mass is 293 g/mol. The molecule has 3 heteroatoms. The highest BCUT2D eigenvalue weighted by molar-refractivity contribution is 5.75. The topological polar surface area (TPSA) is 30.7 Å². The second-order valence-corrected chi connectivity index (χ2v) is 7.07. The van der Waals surface area contributed by atoms with Gasteiger partial charge in [0.2, 0.25) is 0 Å². The molecule has 0 fully saturated rings. The minimum Gasteiger partial charge on any atom is -0.213 e. The molecule has 0 saturated carbocycles. The first-order valence-corrected chi connectivity index (χ1v) is 7.93. The van der Waals surface area contributed by atoms with Gasteiger partial charge in [0.05, 0.1) is 11.2 Å². The standard InChI is InChI=1S/C19H23N3/c1-19(2,3)13-7-9-15-8-6-10-16(14-15)22-18-12-5-4-11-17(18)20-21-22/h4-6,8,10-12,14H,7,9,13H2,1-3H3. The molecule has 0 aliphatic carbocycles. The van der Waals surface area contributed by atoms with E-state index in [1.54, 1.807) is 0 Å². The number of fused-ring (bicyclic) bond motifs is 1. The van der Waals surface area contributed by atoms with E-state index in [9.17, 15) is 0 Å². The Morgan fingerprint density at radius 2 is 1.82 bits per heavy atom. The van der Waals surface area contributed by atoms with Crippen LogP contribution in [0.15, 0.2) is 48.5 Å². The van der Waals surface area contributed by atoms with E-state index >= 15 is 0 Å². The van der Waals surface area contributed by atoms with Gasteiger partial charge in [-0.2, -0.15) is 0 Å². The molecule has 0 radical (unpaired) electrons. The molecule has 2 aromatic carbocycles. The summed E-state index contributed by atoms with van der Waals surface area (Å²) in [5.41, 5.74) is 4.83. The van der Waals surface area contributed by atoms with Crippen LogP contribution in [0.5, 0.6) is 0 Å². The van der Waals surface area contributed by atoms with Crippen molar-refractivity contribution >= 4 is 11.0 Å². The fraction of sp³-hybridized carbons (Fsp3) is 0.368. The van der Waals surface area contributed by atoms with E-state index in [0.717, 1.165) is 23.1 Å². The van der Waals surface area contributed by atoms with Gasteiger partial charge in [-0.25, -0.2) is 4.68 Å². The van der Waals surface area contributed by atoms with Gasteiger partial charge in [-0.1, -0.05) is 50.3 Å². The minimum absolute atomic E-state index is 0.402. The maximum Gasteiger partial charge on any atom is 0.113 e. The van der Waals surface area contributed by atoms with E-state index in [-0.39, 0.29) is 0 Å². The number of nitrogens with zero attached hydrogens (tertiary/aromatic N) is 3. The van der Waals surface area contributed by atoms with Crippen molar-refractivity contribution in [3.63, 3.8) is 0 Å². The molecule has 22 heavy (non-hydrogen) atoms. The number of benzene rings is 2. The van der Waals surface area contributed by atoms with Gasteiger partial charge in [0.25, 0.3) is 0 Å². The van der Waals surface area contributed by atoms with Crippen molar-refractivity contribution in [3.8, 4) is 5.69 Å². The molecule has 0 bridgehead atoms. The van der Waals surface area contributed by atoms with E-state index in [1.807, 2.05) is 22.9 Å². The summed E-state index contributed by atoms with van der Waals surface area (Å²) in [6, 6.07) is 16.7. The van der Waals surface area contributed by atoms with E-state index < -0.39 is 0 Å². The van der Waals surface area contributed by atoms with Gasteiger partial charge in [-0.15, -0.1) is 5.10 Å². The molecule has 0 amide bonds. The normalized spacial score (nSPS) is 12.0. The summed E-state index contributed by atoms with van der Waals surface area (Å²) in [4.78, 5) is 0. The predicted octanol–water partition coefficient (Wildman–Crippen LogP) is 4.79. The summed E-state index contributed by atoms with van der Waals surface area (Å²) in [6.07, 6.45) is 3.56. The maximum atomic E-state index is 4.29. The van der Waals surface area contributed by atoms with Crippen molar-refractivity contribution < 1.29 is 0 Å². The number of hydrogen-bond acceptors (Lipinski definition) is 2. The molecule has 0 unspecified atom stereocenters. The maximum absolute atomic E-state index is 4.29. The van der Waals surface area contributed by atoms with Crippen LogP contribution in [0.25, 0.3) is 16.7 Å². The number of aryl methyl sites for hydroxylation is 1. The van der Waals surface area contributed by atoms with Crippen LogP contribution in [0, 0.1) is 5.41 Å². The lowest BCUT2D eigenvalue weighted by molar-refractivity contribution is 0.365. The van der Waals surface area contributed by atoms with Crippen LogP contribution < -0.4 is 0 Å². The van der Waals surface area contributed by atoms with Crippen molar-refractivity contribution in [2.45, 2.75) is 40.0 Å². The van der Waals surface area contributed by atoms with Gasteiger partial charge in [0, 0.05) is 0 Å². The zero-order valence-corrected chi connectivity index (χ0v) is 13.6. The number of aromatic nitrogens is 3. The molecular formula is C19H23N3. The Balaban J connectivity index is 1.82. The van der Waals surface area contributed by atoms with Gasteiger partial charge in [-0.3, -0.25) is 0 Å². The van der Waals surface area contributed by atoms with Crippen molar-refractivity contribution in [2.75, 3.05) is 0 Å². The van der Waals surface area contributed by atoms with E-state index in [2.05, 4.69) is 61.4 Å². The minimum atomic E-state index is 0.402. The largest absolute Gasteiger partial charge is 0.213 e. The second-order valence-electron chi connectivity index (χ2n) is 7.07. The van der Waals surface area contributed by atoms with Crippen LogP contribution in [-0.4, -0.2) is 15.0 Å². The summed E-state index contributed by atoms with van der Waals surface area (Å²) in [5.74, 6) is 0. The third kappa shape index (κ3) is 3.35. The van der Waals surface area contributed by atoms with Crippen molar-refractivity contribution in [1.29, 1.82) is 0 Å². The third-order valence-corrected chi connectivity index (χ3v) is 3.90. The fourth-order valence-electron chi connectivity index (χ4n) is 2.73. The quantitative estimate of drug-likeness (QED) is 0.692. The lowest BCUT2D eigenvalue weighted by Gasteiger charge is -2.17. The molecule has 114 valence electrons. The fourth-order valence-corrected chi connectivity index (χ4v) is 2.73. The van der Waals surface area contributed by atoms with Crippen LogP contribution >= 0.6 is 0 Å². The Bertz CT molecular complexity index is 765. The second kappa shape index (κ2) is 5.91. The molecule has 3 aromatic rings. The highest BCUT2D eigenvalue weighted by Gasteiger charge is 2.10. The Hall–Kier alpha value is -2.16. The average molecular weight is 293 g/mol. The molecule has 0 N–H and O–H groups in total. The first-order valence-electron chi connectivity index (χ1n) is 7.93. The third-order valence-electron chi connectivity index (χ3n) is 3.90. The van der Waals surface area contributed by atoms with Crippen LogP contribution in [0.4, 0.5) is 0 Å². The molecule has 3 nitrogen and oxygen atoms in total. The van der Waals surface area contributed by atoms with Gasteiger partial charge >= 0.3 is 0 Å². The van der Waals surface area contributed by atoms with E-state index in [4.69, 9.17) is 0 Å². The molecule has 0 aliphatic heterocycles. The first-order chi connectivity index (χ1) is 10.5. The Morgan fingerprint density at radius 3 is 2.64 bits per heavy atom. The number of hydrogen-bond donors (Lipinski definition) is 0. The summed E-state index contributed by atoms with van der Waals surface area (Å²) in [5, 5.41) is 8.52. The summed E-state index contributed by atoms with van der Waals surface area (Å²) < 4.78 is 1.92. The lowest BCUT2D eigenvalue weighted by atomic mass is 9.89. The van der Waals surface area contributed by atoms with Crippen molar-refractivity contribution in [3.05, 3.63) is 54.1 Å². The molecule has 0 aliphatic rings. The van der Waals surface area contributed by atoms with Crippen molar-refractivity contribution in [1.82, 2.24) is 15.0 Å². The molecule has 1 aromatic heterocycles. The smallest absolute Gasteiger partial charge is 0.113 e. The average Bonchev–Trinajstić information content (AvgIpc) is 2.90. The molecule has 0 saturated heterocycles. The van der Waals surface area contributed by atoms with Gasteiger partial charge in [0.15, 0.2) is 0 Å². The van der Waals surface area contributed by atoms with Crippen LogP contribution in [0.2, 0.25) is 0 Å². The van der Waals surface area contributed by atoms with E-state index in [0.29, 0.717) is 5.41 Å². The zero-order valence-electron chi connectivity index (χ0n) is 13.6. The lowest BCUT2D eigenvalue weighted by Crippen LogP contribution is -2.05. The Kier molecular flexibility index (Phi) is 3.97. The predicted molar refractivity (Wildman–Crippen MR) is 91.3 cm³/mol. The first kappa shape index (κ1) is 14.8.